The summed E-state index contributed by atoms with van der Waals surface area (Å²) in [5, 5.41) is 9.32. The number of pyridine rings is 1. The van der Waals surface area contributed by atoms with Crippen molar-refractivity contribution in [2.75, 3.05) is 13.6 Å². The Kier molecular flexibility index (Phi) is 3.88. The first-order valence-corrected chi connectivity index (χ1v) is 6.56. The summed E-state index contributed by atoms with van der Waals surface area (Å²) < 4.78 is 1.87. The van der Waals surface area contributed by atoms with E-state index in [1.807, 2.05) is 10.6 Å². The highest BCUT2D eigenvalue weighted by Crippen LogP contribution is 2.18. The van der Waals surface area contributed by atoms with Crippen molar-refractivity contribution in [1.29, 1.82) is 0 Å². The van der Waals surface area contributed by atoms with E-state index in [4.69, 9.17) is 0 Å². The highest BCUT2D eigenvalue weighted by molar-refractivity contribution is 5.28. The normalized spacial score (nSPS) is 16.1. The molecule has 0 bridgehead atoms. The third-order valence-corrected chi connectivity index (χ3v) is 3.45. The minimum Gasteiger partial charge on any atom is -0.391 e. The molecule has 0 radical (unpaired) electrons. The third kappa shape index (κ3) is 2.49. The van der Waals surface area contributed by atoms with Gasteiger partial charge in [-0.2, -0.15) is 0 Å². The molecule has 0 aliphatic carbocycles. The van der Waals surface area contributed by atoms with E-state index in [-0.39, 0.29) is 12.2 Å². The lowest BCUT2D eigenvalue weighted by Gasteiger charge is -2.28. The maximum absolute atomic E-state index is 12.3. The number of aliphatic hydroxyl groups excluding tert-OH is 1. The number of aliphatic hydroxyl groups is 1. The van der Waals surface area contributed by atoms with Crippen LogP contribution in [-0.4, -0.2) is 28.2 Å². The molecule has 0 amide bonds. The van der Waals surface area contributed by atoms with Crippen LogP contribution in [0.3, 0.4) is 0 Å². The van der Waals surface area contributed by atoms with Gasteiger partial charge in [0.25, 0.3) is 5.56 Å². The van der Waals surface area contributed by atoms with Crippen molar-refractivity contribution in [2.45, 2.75) is 40.0 Å². The first-order valence-electron chi connectivity index (χ1n) is 6.56. The van der Waals surface area contributed by atoms with Gasteiger partial charge in [-0.3, -0.25) is 4.79 Å². The molecule has 1 aliphatic heterocycles. The summed E-state index contributed by atoms with van der Waals surface area (Å²) in [5.74, 6) is 0.431. The molecule has 0 atom stereocenters. The molecule has 0 saturated carbocycles. The van der Waals surface area contributed by atoms with Crippen molar-refractivity contribution in [3.63, 3.8) is 0 Å². The van der Waals surface area contributed by atoms with E-state index < -0.39 is 0 Å². The average molecular weight is 250 g/mol. The van der Waals surface area contributed by atoms with Crippen molar-refractivity contribution in [3.8, 4) is 0 Å². The molecule has 0 fully saturated rings. The summed E-state index contributed by atoms with van der Waals surface area (Å²) in [5.41, 5.74) is 2.84. The van der Waals surface area contributed by atoms with Crippen LogP contribution in [0.4, 0.5) is 0 Å². The van der Waals surface area contributed by atoms with Crippen LogP contribution in [0.5, 0.6) is 0 Å². The summed E-state index contributed by atoms with van der Waals surface area (Å²) >= 11 is 0. The van der Waals surface area contributed by atoms with E-state index in [0.29, 0.717) is 11.5 Å². The van der Waals surface area contributed by atoms with Crippen LogP contribution >= 0.6 is 0 Å². The average Bonchev–Trinajstić information content (AvgIpc) is 2.31. The van der Waals surface area contributed by atoms with Crippen LogP contribution in [0.1, 0.15) is 30.7 Å². The number of rotatable bonds is 3. The van der Waals surface area contributed by atoms with E-state index in [9.17, 15) is 9.90 Å². The summed E-state index contributed by atoms with van der Waals surface area (Å²) in [4.78, 5) is 14.5. The Morgan fingerprint density at radius 1 is 1.44 bits per heavy atom. The van der Waals surface area contributed by atoms with Crippen molar-refractivity contribution < 1.29 is 5.11 Å². The topological polar surface area (TPSA) is 45.5 Å². The molecule has 4 nitrogen and oxygen atoms in total. The minimum absolute atomic E-state index is 0.0190. The molecule has 0 spiro atoms. The van der Waals surface area contributed by atoms with Gasteiger partial charge >= 0.3 is 0 Å². The lowest BCUT2D eigenvalue weighted by molar-refractivity contribution is 0.273. The second-order valence-electron chi connectivity index (χ2n) is 5.60. The van der Waals surface area contributed by atoms with Gasteiger partial charge in [-0.25, -0.2) is 0 Å². The lowest BCUT2D eigenvalue weighted by atomic mass is 10.0. The number of hydrogen-bond acceptors (Lipinski definition) is 3. The molecule has 0 saturated heterocycles. The molecule has 1 N–H and O–H groups in total. The van der Waals surface area contributed by atoms with Crippen LogP contribution in [0.25, 0.3) is 0 Å². The van der Waals surface area contributed by atoms with Gasteiger partial charge in [0.2, 0.25) is 0 Å². The fraction of sp³-hybridized carbons (Fsp3) is 0.643. The van der Waals surface area contributed by atoms with E-state index in [0.717, 1.165) is 31.7 Å². The van der Waals surface area contributed by atoms with Gasteiger partial charge in [0, 0.05) is 37.3 Å². The van der Waals surface area contributed by atoms with Crippen molar-refractivity contribution in [1.82, 2.24) is 9.47 Å². The quantitative estimate of drug-likeness (QED) is 0.870. The molecule has 0 aromatic carbocycles. The second-order valence-corrected chi connectivity index (χ2v) is 5.60. The molecular formula is C14H22N2O2. The molecule has 18 heavy (non-hydrogen) atoms. The van der Waals surface area contributed by atoms with Gasteiger partial charge in [0.15, 0.2) is 0 Å². The Balaban J connectivity index is 2.54. The monoisotopic (exact) mass is 250 g/mol. The van der Waals surface area contributed by atoms with Crippen LogP contribution in [0, 0.1) is 5.92 Å². The van der Waals surface area contributed by atoms with Gasteiger partial charge in [0.1, 0.15) is 0 Å². The molecule has 1 aliphatic rings. The predicted molar refractivity (Wildman–Crippen MR) is 71.5 cm³/mol. The zero-order valence-corrected chi connectivity index (χ0v) is 11.4. The van der Waals surface area contributed by atoms with Gasteiger partial charge in [-0.15, -0.1) is 0 Å². The Bertz CT molecular complexity index is 491. The molecule has 1 aromatic rings. The van der Waals surface area contributed by atoms with Crippen molar-refractivity contribution in [2.24, 2.45) is 5.92 Å². The van der Waals surface area contributed by atoms with Crippen LogP contribution in [-0.2, 0) is 26.1 Å². The standard InChI is InChI=1S/C14H22N2O2/c1-10(2)7-16-13-4-5-15(3)8-11(13)6-12(9-17)14(16)18/h6,10,17H,4-5,7-9H2,1-3H3. The van der Waals surface area contributed by atoms with Gasteiger partial charge < -0.3 is 14.6 Å². The first-order chi connectivity index (χ1) is 8.52. The maximum Gasteiger partial charge on any atom is 0.256 e. The second kappa shape index (κ2) is 5.24. The number of likely N-dealkylation sites (N-methyl/N-ethyl adjacent to an activating group) is 1. The predicted octanol–water partition coefficient (Wildman–Crippen LogP) is 0.984. The Hall–Kier alpha value is -1.13. The number of aromatic nitrogens is 1. The van der Waals surface area contributed by atoms with Crippen LogP contribution < -0.4 is 5.56 Å². The smallest absolute Gasteiger partial charge is 0.256 e. The molecule has 0 unspecified atom stereocenters. The van der Waals surface area contributed by atoms with E-state index >= 15 is 0 Å². The molecule has 4 heteroatoms. The summed E-state index contributed by atoms with van der Waals surface area (Å²) in [6.07, 6.45) is 0.916. The molecule has 2 heterocycles. The van der Waals surface area contributed by atoms with Crippen LogP contribution in [0.2, 0.25) is 0 Å². The van der Waals surface area contributed by atoms with Crippen LogP contribution in [0.15, 0.2) is 10.9 Å². The number of hydrogen-bond donors (Lipinski definition) is 1. The van der Waals surface area contributed by atoms with Crippen molar-refractivity contribution in [3.05, 3.63) is 33.2 Å². The zero-order valence-electron chi connectivity index (χ0n) is 11.4. The fourth-order valence-electron chi connectivity index (χ4n) is 2.60. The number of fused-ring (bicyclic) bond motifs is 1. The Morgan fingerprint density at radius 2 is 2.17 bits per heavy atom. The maximum atomic E-state index is 12.3. The molecule has 1 aromatic heterocycles. The summed E-state index contributed by atoms with van der Waals surface area (Å²) in [6, 6.07) is 1.88. The molecular weight excluding hydrogens is 228 g/mol. The van der Waals surface area contributed by atoms with Gasteiger partial charge in [0.05, 0.1) is 6.61 Å². The highest BCUT2D eigenvalue weighted by Gasteiger charge is 2.20. The molecule has 100 valence electrons. The van der Waals surface area contributed by atoms with E-state index in [1.54, 1.807) is 0 Å². The van der Waals surface area contributed by atoms with Crippen molar-refractivity contribution >= 4 is 0 Å². The van der Waals surface area contributed by atoms with E-state index in [2.05, 4.69) is 25.8 Å². The summed E-state index contributed by atoms with van der Waals surface area (Å²) in [7, 11) is 2.08. The highest BCUT2D eigenvalue weighted by atomic mass is 16.3. The molecule has 2 rings (SSSR count). The van der Waals surface area contributed by atoms with Gasteiger partial charge in [-0.1, -0.05) is 13.8 Å². The Morgan fingerprint density at radius 3 is 2.78 bits per heavy atom. The third-order valence-electron chi connectivity index (χ3n) is 3.45. The SMILES string of the molecule is CC(C)Cn1c2c(cc(CO)c1=O)CN(C)CC2. The van der Waals surface area contributed by atoms with E-state index in [1.165, 1.54) is 5.56 Å². The lowest BCUT2D eigenvalue weighted by Crippen LogP contribution is -2.36. The first kappa shape index (κ1) is 13.3. The Labute approximate surface area is 108 Å². The largest absolute Gasteiger partial charge is 0.391 e. The summed E-state index contributed by atoms with van der Waals surface area (Å²) in [6.45, 7) is 6.63. The van der Waals surface area contributed by atoms with Gasteiger partial charge in [-0.05, 0) is 24.6 Å². The number of nitrogens with zero attached hydrogens (tertiary/aromatic N) is 2. The minimum atomic E-state index is -0.173. The fourth-order valence-corrected chi connectivity index (χ4v) is 2.60. The zero-order chi connectivity index (χ0) is 13.3.